The molecule has 0 saturated heterocycles. The average molecular weight is 619 g/mol. The molecule has 0 aromatic heterocycles. The Bertz CT molecular complexity index is 1390. The van der Waals surface area contributed by atoms with Gasteiger partial charge in [0.05, 0.1) is 17.6 Å². The Kier molecular flexibility index (Phi) is 10.8. The molecule has 0 amide bonds. The SMILES string of the molecule is Cc1cc2c(-c3ccccc3)c([Si](C)(C)C)ccc2[cH-]1.[Cl-].[Cl-].[Zr+4].[c-]1cccc2c1[Si]c1ccccc1-2. The molecule has 1 aliphatic heterocycles. The first kappa shape index (κ1) is 30.6. The summed E-state index contributed by atoms with van der Waals surface area (Å²) >= 11 is 0. The van der Waals surface area contributed by atoms with E-state index >= 15 is 0 Å². The summed E-state index contributed by atoms with van der Waals surface area (Å²) in [7, 11) is -0.573. The topological polar surface area (TPSA) is 0 Å². The molecule has 0 N–H and O–H groups in total. The molecule has 1 aliphatic rings. The Morgan fingerprint density at radius 3 is 2.17 bits per heavy atom. The van der Waals surface area contributed by atoms with Crippen LogP contribution in [0, 0.1) is 13.0 Å². The van der Waals surface area contributed by atoms with Crippen LogP contribution in [-0.4, -0.2) is 17.6 Å². The van der Waals surface area contributed by atoms with Crippen LogP contribution in [-0.2, 0) is 26.2 Å². The van der Waals surface area contributed by atoms with Gasteiger partial charge in [-0.05, 0) is 5.56 Å². The Labute approximate surface area is 250 Å². The van der Waals surface area contributed by atoms with E-state index in [0.29, 0.717) is 0 Å². The van der Waals surface area contributed by atoms with Gasteiger partial charge in [0.1, 0.15) is 0 Å². The Balaban J connectivity index is 0.000000250. The van der Waals surface area contributed by atoms with Crippen LogP contribution < -0.4 is 40.4 Å². The van der Waals surface area contributed by atoms with E-state index in [-0.39, 0.29) is 51.0 Å². The zero-order chi connectivity index (χ0) is 23.0. The molecular formula is C31H28Cl2Si2Zr. The van der Waals surface area contributed by atoms with Gasteiger partial charge in [-0.2, -0.15) is 35.5 Å². The summed E-state index contributed by atoms with van der Waals surface area (Å²) in [4.78, 5) is 0. The standard InChI is InChI=1S/C19H21Si.C12H7Si.2ClH.Zr/c1-14-12-16-10-11-18(20(2,3)4)19(17(16)13-14)15-8-6-5-7-9-15;1-3-7-11-9(5-1)10-6-2-4-8-12(10)13-11;;;/h5-13H,1-4H3;1-7H;2*1H;/q2*-1;;;+4/p-2. The van der Waals surface area contributed by atoms with Crippen LogP contribution in [0.5, 0.6) is 0 Å². The van der Waals surface area contributed by atoms with Gasteiger partial charge in [0.25, 0.3) is 0 Å². The van der Waals surface area contributed by atoms with Crippen LogP contribution in [0.25, 0.3) is 33.0 Å². The third-order valence-electron chi connectivity index (χ3n) is 6.24. The van der Waals surface area contributed by atoms with Crippen LogP contribution in [0.1, 0.15) is 5.56 Å². The maximum absolute atomic E-state index is 3.31. The second-order valence-corrected chi connectivity index (χ2v) is 16.1. The number of benzene rings is 4. The van der Waals surface area contributed by atoms with Gasteiger partial charge in [-0.25, -0.2) is 0 Å². The number of hydrogen-bond acceptors (Lipinski definition) is 0. The fourth-order valence-electron chi connectivity index (χ4n) is 4.70. The molecule has 0 saturated carbocycles. The first-order valence-electron chi connectivity index (χ1n) is 11.5. The molecule has 0 spiro atoms. The Morgan fingerprint density at radius 1 is 0.778 bits per heavy atom. The minimum atomic E-state index is -1.37. The van der Waals surface area contributed by atoms with E-state index in [4.69, 9.17) is 0 Å². The van der Waals surface area contributed by atoms with Gasteiger partial charge in [-0.3, -0.25) is 0 Å². The van der Waals surface area contributed by atoms with E-state index in [1.807, 2.05) is 6.07 Å². The molecule has 0 nitrogen and oxygen atoms in total. The van der Waals surface area contributed by atoms with Crippen molar-refractivity contribution in [2.24, 2.45) is 0 Å². The summed E-state index contributed by atoms with van der Waals surface area (Å²) in [5, 5.41) is 7.16. The van der Waals surface area contributed by atoms with E-state index in [1.165, 1.54) is 49.0 Å². The minimum Gasteiger partial charge on any atom is -1.00 e. The molecule has 178 valence electrons. The van der Waals surface area contributed by atoms with Gasteiger partial charge in [0, 0.05) is 0 Å². The predicted molar refractivity (Wildman–Crippen MR) is 148 cm³/mol. The summed E-state index contributed by atoms with van der Waals surface area (Å²) < 4.78 is 0. The number of halogens is 2. The molecular weight excluding hydrogens is 591 g/mol. The van der Waals surface area contributed by atoms with Crippen molar-refractivity contribution in [1.29, 1.82) is 0 Å². The average Bonchev–Trinajstić information content (AvgIpc) is 3.38. The van der Waals surface area contributed by atoms with Crippen molar-refractivity contribution < 1.29 is 51.0 Å². The molecule has 0 atom stereocenters. The summed E-state index contributed by atoms with van der Waals surface area (Å²) in [6.45, 7) is 9.46. The number of aryl methyl sites for hydroxylation is 1. The van der Waals surface area contributed by atoms with Crippen LogP contribution in [0.3, 0.4) is 0 Å². The van der Waals surface area contributed by atoms with Gasteiger partial charge >= 0.3 is 26.2 Å². The molecule has 2 radical (unpaired) electrons. The molecule has 5 aromatic carbocycles. The van der Waals surface area contributed by atoms with Crippen LogP contribution in [0.15, 0.2) is 97.1 Å². The third kappa shape index (κ3) is 6.26. The molecule has 6 rings (SSSR count). The third-order valence-corrected chi connectivity index (χ3v) is 9.64. The monoisotopic (exact) mass is 616 g/mol. The molecule has 0 bridgehead atoms. The van der Waals surface area contributed by atoms with E-state index in [0.717, 1.165) is 9.52 Å². The number of rotatable bonds is 2. The minimum absolute atomic E-state index is 0. The zero-order valence-corrected chi connectivity index (χ0v) is 27.0. The summed E-state index contributed by atoms with van der Waals surface area (Å²) in [6, 6.07) is 38.3. The van der Waals surface area contributed by atoms with E-state index in [1.54, 1.807) is 5.19 Å². The maximum atomic E-state index is 3.31. The summed E-state index contributed by atoms with van der Waals surface area (Å²) in [5.41, 5.74) is 6.92. The molecule has 0 fully saturated rings. The van der Waals surface area contributed by atoms with Crippen molar-refractivity contribution in [2.45, 2.75) is 26.6 Å². The van der Waals surface area contributed by atoms with Crippen molar-refractivity contribution in [2.75, 3.05) is 0 Å². The van der Waals surface area contributed by atoms with Gasteiger partial charge < -0.3 is 24.8 Å². The second kappa shape index (κ2) is 12.8. The largest absolute Gasteiger partial charge is 4.00 e. The molecule has 5 heteroatoms. The first-order chi connectivity index (χ1) is 15.9. The fraction of sp³-hybridized carbons (Fsp3) is 0.129. The van der Waals surface area contributed by atoms with E-state index in [9.17, 15) is 0 Å². The first-order valence-corrected chi connectivity index (χ1v) is 16.0. The Morgan fingerprint density at radius 2 is 1.44 bits per heavy atom. The van der Waals surface area contributed by atoms with Crippen molar-refractivity contribution >= 4 is 43.9 Å². The predicted octanol–water partition coefficient (Wildman–Crippen LogP) is 0.207. The van der Waals surface area contributed by atoms with Crippen LogP contribution in [0.2, 0.25) is 19.6 Å². The second-order valence-electron chi connectivity index (χ2n) is 9.77. The Hall–Kier alpha value is -1.61. The summed E-state index contributed by atoms with van der Waals surface area (Å²) in [6.07, 6.45) is 0. The van der Waals surface area contributed by atoms with Crippen molar-refractivity contribution in [3.8, 4) is 22.3 Å². The molecule has 0 aliphatic carbocycles. The molecule has 0 unspecified atom stereocenters. The molecule has 5 aromatic rings. The molecule has 1 heterocycles. The summed E-state index contributed by atoms with van der Waals surface area (Å²) in [5.74, 6) is 0. The van der Waals surface area contributed by atoms with E-state index in [2.05, 4.69) is 124 Å². The smallest absolute Gasteiger partial charge is 1.00 e. The van der Waals surface area contributed by atoms with Crippen molar-refractivity contribution in [3.05, 3.63) is 109 Å². The van der Waals surface area contributed by atoms with Crippen molar-refractivity contribution in [1.82, 2.24) is 0 Å². The number of fused-ring (bicyclic) bond motifs is 4. The van der Waals surface area contributed by atoms with Gasteiger partial charge in [-0.1, -0.05) is 103 Å². The van der Waals surface area contributed by atoms with Gasteiger partial charge in [0.2, 0.25) is 0 Å². The van der Waals surface area contributed by atoms with E-state index < -0.39 is 8.07 Å². The van der Waals surface area contributed by atoms with Crippen LogP contribution in [0.4, 0.5) is 0 Å². The quantitative estimate of drug-likeness (QED) is 0.192. The van der Waals surface area contributed by atoms with Gasteiger partial charge in [0.15, 0.2) is 0 Å². The zero-order valence-electron chi connectivity index (χ0n) is 21.0. The maximum Gasteiger partial charge on any atom is 4.00 e. The van der Waals surface area contributed by atoms with Crippen LogP contribution >= 0.6 is 0 Å². The van der Waals surface area contributed by atoms with Gasteiger partial charge in [-0.15, -0.1) is 40.1 Å². The normalized spacial score (nSPS) is 11.1. The molecule has 36 heavy (non-hydrogen) atoms. The fourth-order valence-corrected chi connectivity index (χ4v) is 7.62. The number of hydrogen-bond donors (Lipinski definition) is 0. The van der Waals surface area contributed by atoms with Crippen molar-refractivity contribution in [3.63, 3.8) is 0 Å².